The van der Waals surface area contributed by atoms with Crippen molar-refractivity contribution in [1.82, 2.24) is 34.5 Å². The number of hydrogen-bond donors (Lipinski definition) is 0. The first-order chi connectivity index (χ1) is 58.4. The van der Waals surface area contributed by atoms with Crippen molar-refractivity contribution in [3.05, 3.63) is 407 Å². The van der Waals surface area contributed by atoms with E-state index in [-0.39, 0.29) is 0 Å². The molecule has 0 aliphatic carbocycles. The fraction of sp³-hybridized carbons (Fsp3) is 0. The third-order valence-corrected chi connectivity index (χ3v) is 22.4. The Bertz CT molecular complexity index is 7990. The Hall–Kier alpha value is -16.0. The van der Waals surface area contributed by atoms with Crippen molar-refractivity contribution in [2.24, 2.45) is 0 Å². The molecule has 118 heavy (non-hydrogen) atoms. The second-order valence-corrected chi connectivity index (χ2v) is 29.6. The van der Waals surface area contributed by atoms with Gasteiger partial charge in [0, 0.05) is 93.7 Å². The van der Waals surface area contributed by atoms with E-state index in [1.54, 1.807) is 0 Å². The molecule has 8 aromatic heterocycles. The normalized spacial score (nSPS) is 11.6. The number of para-hydroxylation sites is 7. The number of benzene rings is 16. The predicted octanol–water partition coefficient (Wildman–Crippen LogP) is 28.7. The molecule has 0 saturated heterocycles. The Morgan fingerprint density at radius 1 is 0.178 bits per heavy atom. The number of hydrogen-bond acceptors (Lipinski definition) is 9. The first kappa shape index (κ1) is 68.7. The van der Waals surface area contributed by atoms with Gasteiger partial charge in [-0.2, -0.15) is 0 Å². The molecule has 0 radical (unpaired) electrons. The van der Waals surface area contributed by atoms with E-state index in [2.05, 4.69) is 278 Å². The summed E-state index contributed by atoms with van der Waals surface area (Å²) >= 11 is 0. The summed E-state index contributed by atoms with van der Waals surface area (Å²) in [6.07, 6.45) is 1.84. The lowest BCUT2D eigenvalue weighted by molar-refractivity contribution is 0.668. The SMILES string of the molecule is c1ccc(-c2cccc(-c3ccc(-c4nc5ccccc5nc4-c4ccc5c(c4)oc4ccccc45)cc3)c2)cc1.c1ccc(-c2nc3ccc(-c4ccc5c(c4)oc4ccccc45)cc3nc2-c2ccccc2)cc1.c1ccc(-n2c3ccccc3c3ccc(-c4nc(-c5ccc6c(c5)oc5ccccc56)cc5ncccc45)cc32)cc1. The van der Waals surface area contributed by atoms with Gasteiger partial charge < -0.3 is 17.8 Å². The van der Waals surface area contributed by atoms with Crippen LogP contribution in [0.2, 0.25) is 0 Å². The van der Waals surface area contributed by atoms with Crippen LogP contribution >= 0.6 is 0 Å². The monoisotopic (exact) mass is 1510 g/mol. The van der Waals surface area contributed by atoms with Crippen LogP contribution in [-0.4, -0.2) is 34.5 Å². The number of fused-ring (bicyclic) bond motifs is 15. The Labute approximate surface area is 677 Å². The molecule has 0 bridgehead atoms. The third kappa shape index (κ3) is 12.6. The van der Waals surface area contributed by atoms with Crippen molar-refractivity contribution in [1.29, 1.82) is 0 Å². The van der Waals surface area contributed by atoms with Crippen LogP contribution in [0.3, 0.4) is 0 Å². The molecule has 552 valence electrons. The molecule has 0 N–H and O–H groups in total. The molecule has 16 aromatic carbocycles. The van der Waals surface area contributed by atoms with Crippen LogP contribution in [0.4, 0.5) is 0 Å². The highest BCUT2D eigenvalue weighted by Gasteiger charge is 2.22. The van der Waals surface area contributed by atoms with Gasteiger partial charge in [-0.1, -0.05) is 273 Å². The highest BCUT2D eigenvalue weighted by atomic mass is 16.3. The van der Waals surface area contributed by atoms with E-state index in [0.29, 0.717) is 0 Å². The van der Waals surface area contributed by atoms with Crippen molar-refractivity contribution in [3.63, 3.8) is 0 Å². The second kappa shape index (κ2) is 29.2. The average molecular weight is 1510 g/mol. The predicted molar refractivity (Wildman–Crippen MR) is 484 cm³/mol. The van der Waals surface area contributed by atoms with Gasteiger partial charge in [0.2, 0.25) is 0 Å². The molecule has 0 spiro atoms. The zero-order valence-corrected chi connectivity index (χ0v) is 63.5. The Balaban J connectivity index is 0.000000107. The molecule has 0 fully saturated rings. The van der Waals surface area contributed by atoms with Gasteiger partial charge in [0.25, 0.3) is 0 Å². The summed E-state index contributed by atoms with van der Waals surface area (Å²) in [5, 5.41) is 10.2. The van der Waals surface area contributed by atoms with Gasteiger partial charge in [-0.25, -0.2) is 24.9 Å². The first-order valence-corrected chi connectivity index (χ1v) is 39.5. The first-order valence-electron chi connectivity index (χ1n) is 39.5. The van der Waals surface area contributed by atoms with Crippen LogP contribution in [-0.2, 0) is 0 Å². The standard InChI is InChI=1S/C38H23N3O.C38H24N2O.C32H20N2O/c1-2-9-26(10-3-1)41-34-14-6-4-11-27(34)28-18-17-25(21-35(28)41)38-31-13-8-20-39-33(31)23-32(40-38)24-16-19-30-29-12-5-7-15-36(29)42-37(30)22-24;1-2-9-25(10-3-1)28-11-8-12-29(23-28)26-17-19-27(20-18-26)37-38(40-34-15-6-5-14-33(34)39-37)30-21-22-32-31-13-4-7-16-35(31)41-36(32)24-30;1-3-9-21(10-4-1)31-32(22-11-5-2-6-12-22)34-28-19-23(16-18-27(28)33-31)24-15-17-26-25-13-7-8-14-29(25)35-30(26)20-24/h1-23H;1-24H;1-20H. The van der Waals surface area contributed by atoms with Crippen molar-refractivity contribution in [2.45, 2.75) is 0 Å². The van der Waals surface area contributed by atoms with Crippen LogP contribution in [0, 0.1) is 0 Å². The van der Waals surface area contributed by atoms with Gasteiger partial charge in [-0.3, -0.25) is 4.98 Å². The molecule has 0 saturated carbocycles. The van der Waals surface area contributed by atoms with E-state index in [0.717, 1.165) is 194 Å². The largest absolute Gasteiger partial charge is 0.456 e. The Morgan fingerprint density at radius 2 is 0.542 bits per heavy atom. The zero-order chi connectivity index (χ0) is 78.0. The summed E-state index contributed by atoms with van der Waals surface area (Å²) in [5.74, 6) is 0. The van der Waals surface area contributed by atoms with E-state index < -0.39 is 0 Å². The maximum atomic E-state index is 6.21. The number of nitrogens with zero attached hydrogens (tertiary/aromatic N) is 7. The lowest BCUT2D eigenvalue weighted by atomic mass is 9.97. The number of rotatable bonds is 10. The van der Waals surface area contributed by atoms with Gasteiger partial charge >= 0.3 is 0 Å². The van der Waals surface area contributed by atoms with E-state index in [9.17, 15) is 0 Å². The molecular formula is C108H67N7O3. The molecule has 0 aliphatic heterocycles. The van der Waals surface area contributed by atoms with Crippen molar-refractivity contribution < 1.29 is 13.3 Å². The van der Waals surface area contributed by atoms with Crippen molar-refractivity contribution >= 4 is 121 Å². The van der Waals surface area contributed by atoms with Crippen LogP contribution in [0.15, 0.2) is 420 Å². The average Bonchev–Trinajstić information content (AvgIpc) is 1.57. The Kier molecular flexibility index (Phi) is 17.0. The fourth-order valence-corrected chi connectivity index (χ4v) is 16.6. The molecule has 0 unspecified atom stereocenters. The van der Waals surface area contributed by atoms with Crippen LogP contribution in [0.5, 0.6) is 0 Å². The summed E-state index contributed by atoms with van der Waals surface area (Å²) in [6, 6.07) is 138. The van der Waals surface area contributed by atoms with Gasteiger partial charge in [-0.15, -0.1) is 0 Å². The quantitative estimate of drug-likeness (QED) is 0.132. The van der Waals surface area contributed by atoms with Crippen molar-refractivity contribution in [3.8, 4) is 107 Å². The molecule has 24 aromatic rings. The topological polar surface area (TPSA) is 122 Å². The van der Waals surface area contributed by atoms with Gasteiger partial charge in [0.15, 0.2) is 0 Å². The molecule has 8 heterocycles. The molecule has 0 atom stereocenters. The summed E-state index contributed by atoms with van der Waals surface area (Å²) in [7, 11) is 0. The molecular weight excluding hydrogens is 1440 g/mol. The lowest BCUT2D eigenvalue weighted by Crippen LogP contribution is -1.95. The summed E-state index contributed by atoms with van der Waals surface area (Å²) in [6.45, 7) is 0. The van der Waals surface area contributed by atoms with Gasteiger partial charge in [0.1, 0.15) is 33.5 Å². The smallest absolute Gasteiger partial charge is 0.136 e. The van der Waals surface area contributed by atoms with Crippen LogP contribution in [0.1, 0.15) is 0 Å². The summed E-state index contributed by atoms with van der Waals surface area (Å²) in [4.78, 5) is 30.4. The summed E-state index contributed by atoms with van der Waals surface area (Å²) in [5.41, 5.74) is 31.4. The Morgan fingerprint density at radius 3 is 1.14 bits per heavy atom. The lowest BCUT2D eigenvalue weighted by Gasteiger charge is -2.12. The minimum Gasteiger partial charge on any atom is -0.456 e. The number of aromatic nitrogens is 7. The summed E-state index contributed by atoms with van der Waals surface area (Å²) < 4.78 is 20.9. The molecule has 10 heteroatoms. The minimum absolute atomic E-state index is 0.838. The second-order valence-electron chi connectivity index (χ2n) is 29.6. The van der Waals surface area contributed by atoms with E-state index in [1.807, 2.05) is 134 Å². The maximum absolute atomic E-state index is 6.21. The number of pyridine rings is 2. The van der Waals surface area contributed by atoms with Gasteiger partial charge in [0.05, 0.1) is 72.8 Å². The van der Waals surface area contributed by atoms with Crippen LogP contribution < -0.4 is 0 Å². The maximum Gasteiger partial charge on any atom is 0.136 e. The highest BCUT2D eigenvalue weighted by Crippen LogP contribution is 2.43. The molecule has 0 aliphatic rings. The molecule has 0 amide bonds. The fourth-order valence-electron chi connectivity index (χ4n) is 16.6. The number of furan rings is 3. The molecule has 10 nitrogen and oxygen atoms in total. The zero-order valence-electron chi connectivity index (χ0n) is 63.5. The van der Waals surface area contributed by atoms with E-state index in [1.165, 1.54) is 33.0 Å². The van der Waals surface area contributed by atoms with Crippen LogP contribution in [0.25, 0.3) is 227 Å². The van der Waals surface area contributed by atoms with E-state index in [4.69, 9.17) is 43.2 Å². The minimum atomic E-state index is 0.838. The van der Waals surface area contributed by atoms with Crippen molar-refractivity contribution in [2.75, 3.05) is 0 Å². The third-order valence-electron chi connectivity index (χ3n) is 22.4. The van der Waals surface area contributed by atoms with E-state index >= 15 is 0 Å². The highest BCUT2D eigenvalue weighted by molar-refractivity contribution is 6.12. The molecule has 24 rings (SSSR count). The van der Waals surface area contributed by atoms with Gasteiger partial charge in [-0.05, 0) is 161 Å².